The fourth-order valence-corrected chi connectivity index (χ4v) is 0.852. The Labute approximate surface area is 82.8 Å². The highest BCUT2D eigenvalue weighted by Crippen LogP contribution is 2.16. The van der Waals surface area contributed by atoms with Crippen molar-refractivity contribution in [1.29, 1.82) is 0 Å². The van der Waals surface area contributed by atoms with Gasteiger partial charge < -0.3 is 9.47 Å². The number of hydrogen-bond donors (Lipinski definition) is 0. The van der Waals surface area contributed by atoms with E-state index in [0.717, 1.165) is 5.56 Å². The second-order valence-corrected chi connectivity index (χ2v) is 2.60. The zero-order valence-corrected chi connectivity index (χ0v) is 8.52. The molecule has 0 N–H and O–H groups in total. The number of aryl methyl sites for hydroxylation is 1. The van der Waals surface area contributed by atoms with Gasteiger partial charge in [-0.3, -0.25) is 0 Å². The summed E-state index contributed by atoms with van der Waals surface area (Å²) in [5.74, 6) is 0.619. The molecule has 0 aromatic carbocycles. The van der Waals surface area contributed by atoms with Gasteiger partial charge in [-0.15, -0.1) is 0 Å². The Bertz CT molecular complexity index is 326. The Morgan fingerprint density at radius 1 is 1.57 bits per heavy atom. The summed E-state index contributed by atoms with van der Waals surface area (Å²) in [5, 5.41) is 0. The predicted molar refractivity (Wildman–Crippen MR) is 53.1 cm³/mol. The topological polar surface area (TPSA) is 56.6 Å². The lowest BCUT2D eigenvalue weighted by Crippen LogP contribution is -2.02. The fraction of sp³-hybridized carbons (Fsp3) is 0.444. The molecule has 0 saturated heterocycles. The van der Waals surface area contributed by atoms with Crippen LogP contribution in [0.3, 0.4) is 0 Å². The molecule has 76 valence electrons. The van der Waals surface area contributed by atoms with Crippen LogP contribution in [-0.4, -0.2) is 30.1 Å². The molecule has 0 saturated carbocycles. The molecule has 0 spiro atoms. The van der Waals surface area contributed by atoms with Gasteiger partial charge in [0.15, 0.2) is 12.6 Å². The molecule has 0 bridgehead atoms. The van der Waals surface area contributed by atoms with Crippen molar-refractivity contribution in [2.75, 3.05) is 13.9 Å². The molecule has 0 amide bonds. The lowest BCUT2D eigenvalue weighted by atomic mass is 10.3. The van der Waals surface area contributed by atoms with E-state index in [4.69, 9.17) is 9.47 Å². The predicted octanol–water partition coefficient (Wildman–Crippen LogP) is 1.49. The number of hydrogen-bond acceptors (Lipinski definition) is 5. The second kappa shape index (κ2) is 5.29. The molecule has 0 unspecified atom stereocenters. The molecule has 1 aromatic heterocycles. The first-order valence-electron chi connectivity index (χ1n) is 4.22. The minimum Gasteiger partial charge on any atom is -0.436 e. The van der Waals surface area contributed by atoms with E-state index in [0.29, 0.717) is 5.82 Å². The van der Waals surface area contributed by atoms with Crippen LogP contribution in [0.15, 0.2) is 11.2 Å². The smallest absolute Gasteiger partial charge is 0.320 e. The Hall–Kier alpha value is -1.49. The highest BCUT2D eigenvalue weighted by atomic mass is 16.7. The van der Waals surface area contributed by atoms with Crippen molar-refractivity contribution in [3.05, 3.63) is 11.8 Å². The Kier molecular flexibility index (Phi) is 4.00. The van der Waals surface area contributed by atoms with Crippen LogP contribution in [0.5, 0.6) is 6.01 Å². The molecule has 1 heterocycles. The summed E-state index contributed by atoms with van der Waals surface area (Å²) in [6.07, 6.45) is 3.34. The average molecular weight is 195 g/mol. The van der Waals surface area contributed by atoms with Crippen molar-refractivity contribution in [2.45, 2.75) is 13.8 Å². The minimum atomic E-state index is 0.137. The number of aromatic nitrogens is 2. The van der Waals surface area contributed by atoms with E-state index in [1.165, 1.54) is 0 Å². The number of methoxy groups -OCH3 is 1. The SMILES string of the molecule is CC=Nc1nc(OCOC)ncc1C. The van der Waals surface area contributed by atoms with Crippen molar-refractivity contribution in [1.82, 2.24) is 9.97 Å². The van der Waals surface area contributed by atoms with E-state index in [-0.39, 0.29) is 12.8 Å². The van der Waals surface area contributed by atoms with Crippen LogP contribution in [0, 0.1) is 6.92 Å². The minimum absolute atomic E-state index is 0.137. The van der Waals surface area contributed by atoms with Crippen LogP contribution in [-0.2, 0) is 4.74 Å². The van der Waals surface area contributed by atoms with Gasteiger partial charge >= 0.3 is 6.01 Å². The second-order valence-electron chi connectivity index (χ2n) is 2.60. The van der Waals surface area contributed by atoms with E-state index in [1.54, 1.807) is 19.5 Å². The third-order valence-electron chi connectivity index (χ3n) is 1.48. The van der Waals surface area contributed by atoms with Crippen LogP contribution in [0.25, 0.3) is 0 Å². The van der Waals surface area contributed by atoms with Crippen molar-refractivity contribution in [2.24, 2.45) is 4.99 Å². The number of ether oxygens (including phenoxy) is 2. The summed E-state index contributed by atoms with van der Waals surface area (Å²) in [7, 11) is 1.54. The summed E-state index contributed by atoms with van der Waals surface area (Å²) in [6, 6.07) is 0.276. The van der Waals surface area contributed by atoms with Gasteiger partial charge in [0.05, 0.1) is 0 Å². The highest BCUT2D eigenvalue weighted by molar-refractivity contribution is 5.59. The Balaban J connectivity index is 2.83. The summed E-state index contributed by atoms with van der Waals surface area (Å²) < 4.78 is 9.81. The van der Waals surface area contributed by atoms with Crippen molar-refractivity contribution >= 4 is 12.0 Å². The van der Waals surface area contributed by atoms with Crippen molar-refractivity contribution in [3.8, 4) is 6.01 Å². The molecule has 0 aliphatic rings. The quantitative estimate of drug-likeness (QED) is 0.539. The molecule has 5 heteroatoms. The van der Waals surface area contributed by atoms with Gasteiger partial charge in [-0.1, -0.05) is 0 Å². The van der Waals surface area contributed by atoms with Gasteiger partial charge in [-0.2, -0.15) is 4.98 Å². The molecular formula is C9H13N3O2. The first kappa shape index (κ1) is 10.6. The van der Waals surface area contributed by atoms with Crippen LogP contribution in [0.2, 0.25) is 0 Å². The Morgan fingerprint density at radius 2 is 2.36 bits per heavy atom. The van der Waals surface area contributed by atoms with Crippen LogP contribution >= 0.6 is 0 Å². The van der Waals surface area contributed by atoms with Gasteiger partial charge in [0.25, 0.3) is 0 Å². The maximum atomic E-state index is 5.08. The number of aliphatic imine (C=N–C) groups is 1. The summed E-state index contributed by atoms with van der Waals surface area (Å²) in [5.41, 5.74) is 0.910. The highest BCUT2D eigenvalue weighted by Gasteiger charge is 2.02. The van der Waals surface area contributed by atoms with Crippen molar-refractivity contribution in [3.63, 3.8) is 0 Å². The number of rotatable bonds is 4. The first-order valence-corrected chi connectivity index (χ1v) is 4.22. The number of nitrogens with zero attached hydrogens (tertiary/aromatic N) is 3. The zero-order valence-electron chi connectivity index (χ0n) is 8.52. The molecule has 0 aliphatic heterocycles. The van der Waals surface area contributed by atoms with Gasteiger partial charge in [0.1, 0.15) is 0 Å². The molecule has 0 aliphatic carbocycles. The summed E-state index contributed by atoms with van der Waals surface area (Å²) >= 11 is 0. The molecule has 1 aromatic rings. The van der Waals surface area contributed by atoms with Gasteiger partial charge in [-0.25, -0.2) is 9.98 Å². The molecule has 0 radical (unpaired) electrons. The van der Waals surface area contributed by atoms with Gasteiger partial charge in [0.2, 0.25) is 0 Å². The first-order chi connectivity index (χ1) is 6.77. The molecule has 5 nitrogen and oxygen atoms in total. The zero-order chi connectivity index (χ0) is 10.4. The molecule has 14 heavy (non-hydrogen) atoms. The van der Waals surface area contributed by atoms with Gasteiger partial charge in [-0.05, 0) is 13.8 Å². The maximum Gasteiger partial charge on any atom is 0.320 e. The lowest BCUT2D eigenvalue weighted by Gasteiger charge is -2.03. The van der Waals surface area contributed by atoms with Crippen LogP contribution in [0.4, 0.5) is 5.82 Å². The largest absolute Gasteiger partial charge is 0.436 e. The molecule has 0 atom stereocenters. The molecule has 0 fully saturated rings. The monoisotopic (exact) mass is 195 g/mol. The average Bonchev–Trinajstić information content (AvgIpc) is 2.19. The molecular weight excluding hydrogens is 182 g/mol. The van der Waals surface area contributed by atoms with Crippen LogP contribution in [0.1, 0.15) is 12.5 Å². The van der Waals surface area contributed by atoms with E-state index >= 15 is 0 Å². The maximum absolute atomic E-state index is 5.08. The Morgan fingerprint density at radius 3 is 3.00 bits per heavy atom. The normalized spacial score (nSPS) is 10.8. The van der Waals surface area contributed by atoms with Gasteiger partial charge in [0, 0.05) is 25.1 Å². The lowest BCUT2D eigenvalue weighted by molar-refractivity contribution is 0.0443. The van der Waals surface area contributed by atoms with Crippen LogP contribution < -0.4 is 4.74 Å². The fourth-order valence-electron chi connectivity index (χ4n) is 0.852. The van der Waals surface area contributed by atoms with Crippen molar-refractivity contribution < 1.29 is 9.47 Å². The summed E-state index contributed by atoms with van der Waals surface area (Å²) in [6.45, 7) is 3.86. The third kappa shape index (κ3) is 2.77. The van der Waals surface area contributed by atoms with E-state index in [1.807, 2.05) is 13.8 Å². The third-order valence-corrected chi connectivity index (χ3v) is 1.48. The van der Waals surface area contributed by atoms with E-state index in [9.17, 15) is 0 Å². The summed E-state index contributed by atoms with van der Waals surface area (Å²) in [4.78, 5) is 12.1. The van der Waals surface area contributed by atoms with E-state index < -0.39 is 0 Å². The van der Waals surface area contributed by atoms with E-state index in [2.05, 4.69) is 15.0 Å². The standard InChI is InChI=1S/C9H13N3O2/c1-4-10-8-7(2)5-11-9(12-8)14-6-13-3/h4-5H,6H2,1-3H3. The molecule has 1 rings (SSSR count).